The number of carbonyl (C=O) groups excluding carboxylic acids is 1. The monoisotopic (exact) mass is 249 g/mol. The first-order valence-electron chi connectivity index (χ1n) is 5.79. The van der Waals surface area contributed by atoms with Crippen LogP contribution in [0, 0.1) is 16.0 Å². The molecule has 0 atom stereocenters. The Bertz CT molecular complexity index is 497. The molecule has 0 spiro atoms. The summed E-state index contributed by atoms with van der Waals surface area (Å²) in [6.07, 6.45) is 2.24. The van der Waals surface area contributed by atoms with Crippen molar-refractivity contribution in [3.8, 4) is 0 Å². The number of carbonyl (C=O) groups is 1. The average molecular weight is 249 g/mol. The largest absolute Gasteiger partial charge is 0.393 e. The highest BCUT2D eigenvalue weighted by Crippen LogP contribution is 2.31. The van der Waals surface area contributed by atoms with Gasteiger partial charge in [-0.2, -0.15) is 0 Å². The number of nitrogens with zero attached hydrogens (tertiary/aromatic N) is 2. The Kier molecular flexibility index (Phi) is 3.18. The van der Waals surface area contributed by atoms with Crippen molar-refractivity contribution in [3.05, 3.63) is 33.9 Å². The molecule has 6 heteroatoms. The molecule has 0 radical (unpaired) electrons. The molecular formula is C12H15N3O3. The molecule has 1 saturated carbocycles. The van der Waals surface area contributed by atoms with Gasteiger partial charge in [0.1, 0.15) is 11.3 Å². The Labute approximate surface area is 105 Å². The highest BCUT2D eigenvalue weighted by Gasteiger charge is 2.29. The Morgan fingerprint density at radius 1 is 1.56 bits per heavy atom. The van der Waals surface area contributed by atoms with Crippen molar-refractivity contribution in [2.24, 2.45) is 5.92 Å². The number of hydrogen-bond acceptors (Lipinski definition) is 4. The van der Waals surface area contributed by atoms with Crippen molar-refractivity contribution in [2.45, 2.75) is 12.8 Å². The van der Waals surface area contributed by atoms with Crippen LogP contribution in [0.1, 0.15) is 23.2 Å². The van der Waals surface area contributed by atoms with E-state index in [0.717, 1.165) is 12.8 Å². The smallest absolute Gasteiger partial charge is 0.304 e. The standard InChI is InChI=1S/C12H15N3O3/c1-14(7-8-5-6-8)12(16)9-3-2-4-10(13)11(9)15(17)18/h2-4,8H,5-7,13H2,1H3. The molecule has 1 aliphatic carbocycles. The van der Waals surface area contributed by atoms with Gasteiger partial charge in [-0.1, -0.05) is 6.07 Å². The molecule has 6 nitrogen and oxygen atoms in total. The molecule has 1 aromatic carbocycles. The van der Waals surface area contributed by atoms with Crippen LogP contribution in [0.15, 0.2) is 18.2 Å². The average Bonchev–Trinajstić information content (AvgIpc) is 3.11. The van der Waals surface area contributed by atoms with E-state index < -0.39 is 4.92 Å². The van der Waals surface area contributed by atoms with Gasteiger partial charge in [0.05, 0.1) is 4.92 Å². The fourth-order valence-corrected chi connectivity index (χ4v) is 1.91. The molecule has 1 fully saturated rings. The first-order valence-corrected chi connectivity index (χ1v) is 5.79. The number of hydrogen-bond donors (Lipinski definition) is 1. The van der Waals surface area contributed by atoms with Gasteiger partial charge in [-0.3, -0.25) is 14.9 Å². The van der Waals surface area contributed by atoms with E-state index >= 15 is 0 Å². The van der Waals surface area contributed by atoms with Gasteiger partial charge in [-0.25, -0.2) is 0 Å². The summed E-state index contributed by atoms with van der Waals surface area (Å²) < 4.78 is 0. The Hall–Kier alpha value is -2.11. The fourth-order valence-electron chi connectivity index (χ4n) is 1.91. The van der Waals surface area contributed by atoms with Gasteiger partial charge in [0, 0.05) is 13.6 Å². The molecular weight excluding hydrogens is 234 g/mol. The van der Waals surface area contributed by atoms with Crippen LogP contribution in [0.4, 0.5) is 11.4 Å². The zero-order valence-electron chi connectivity index (χ0n) is 10.1. The Morgan fingerprint density at radius 2 is 2.22 bits per heavy atom. The summed E-state index contributed by atoms with van der Waals surface area (Å²) in [5.41, 5.74) is 5.34. The molecule has 2 rings (SSSR count). The minimum absolute atomic E-state index is 0.0191. The summed E-state index contributed by atoms with van der Waals surface area (Å²) in [4.78, 5) is 24.0. The summed E-state index contributed by atoms with van der Waals surface area (Å²) >= 11 is 0. The van der Waals surface area contributed by atoms with Gasteiger partial charge in [0.25, 0.3) is 5.91 Å². The molecule has 1 aromatic rings. The molecule has 18 heavy (non-hydrogen) atoms. The van der Waals surface area contributed by atoms with Crippen molar-refractivity contribution in [1.29, 1.82) is 0 Å². The molecule has 2 N–H and O–H groups in total. The van der Waals surface area contributed by atoms with E-state index in [1.54, 1.807) is 13.1 Å². The predicted octanol–water partition coefficient (Wildman–Crippen LogP) is 1.66. The number of benzene rings is 1. The molecule has 0 unspecified atom stereocenters. The van der Waals surface area contributed by atoms with E-state index in [1.165, 1.54) is 17.0 Å². The number of nitrogen functional groups attached to an aromatic ring is 1. The maximum Gasteiger partial charge on any atom is 0.304 e. The van der Waals surface area contributed by atoms with E-state index in [9.17, 15) is 14.9 Å². The summed E-state index contributed by atoms with van der Waals surface area (Å²) in [6, 6.07) is 4.43. The van der Waals surface area contributed by atoms with Crippen LogP contribution in [0.5, 0.6) is 0 Å². The first-order chi connectivity index (χ1) is 8.50. The van der Waals surface area contributed by atoms with Crippen molar-refractivity contribution < 1.29 is 9.72 Å². The third kappa shape index (κ3) is 2.42. The number of rotatable bonds is 4. The van der Waals surface area contributed by atoms with Crippen LogP contribution < -0.4 is 5.73 Å². The number of anilines is 1. The summed E-state index contributed by atoms with van der Waals surface area (Å²) in [6.45, 7) is 0.644. The van der Waals surface area contributed by atoms with Crippen LogP contribution in [0.3, 0.4) is 0 Å². The third-order valence-electron chi connectivity index (χ3n) is 3.06. The number of nitro benzene ring substituents is 1. The lowest BCUT2D eigenvalue weighted by atomic mass is 10.1. The maximum atomic E-state index is 12.2. The highest BCUT2D eigenvalue weighted by atomic mass is 16.6. The normalized spacial score (nSPS) is 14.3. The van der Waals surface area contributed by atoms with E-state index in [4.69, 9.17) is 5.73 Å². The van der Waals surface area contributed by atoms with Crippen LogP contribution >= 0.6 is 0 Å². The molecule has 0 saturated heterocycles. The van der Waals surface area contributed by atoms with Crippen LogP contribution in [0.2, 0.25) is 0 Å². The van der Waals surface area contributed by atoms with Gasteiger partial charge in [0.15, 0.2) is 0 Å². The quantitative estimate of drug-likeness (QED) is 0.499. The second kappa shape index (κ2) is 4.64. The van der Waals surface area contributed by atoms with Gasteiger partial charge >= 0.3 is 5.69 Å². The molecule has 0 bridgehead atoms. The summed E-state index contributed by atoms with van der Waals surface area (Å²) in [7, 11) is 1.66. The number of amides is 1. The zero-order chi connectivity index (χ0) is 13.3. The van der Waals surface area contributed by atoms with Crippen molar-refractivity contribution in [2.75, 3.05) is 19.3 Å². The third-order valence-corrected chi connectivity index (χ3v) is 3.06. The van der Waals surface area contributed by atoms with Crippen molar-refractivity contribution in [3.63, 3.8) is 0 Å². The molecule has 0 heterocycles. The number of para-hydroxylation sites is 1. The summed E-state index contributed by atoms with van der Waals surface area (Å²) in [5.74, 6) is 0.194. The number of nitro groups is 1. The number of nitrogens with two attached hydrogens (primary N) is 1. The topological polar surface area (TPSA) is 89.5 Å². The van der Waals surface area contributed by atoms with Gasteiger partial charge in [-0.05, 0) is 30.9 Å². The minimum atomic E-state index is -0.604. The minimum Gasteiger partial charge on any atom is -0.393 e. The molecule has 0 aliphatic heterocycles. The van der Waals surface area contributed by atoms with E-state index in [-0.39, 0.29) is 22.8 Å². The first kappa shape index (κ1) is 12.3. The maximum absolute atomic E-state index is 12.2. The van der Waals surface area contributed by atoms with Gasteiger partial charge in [0.2, 0.25) is 0 Å². The lowest BCUT2D eigenvalue weighted by Gasteiger charge is -2.17. The molecule has 96 valence electrons. The Balaban J connectivity index is 2.28. The second-order valence-corrected chi connectivity index (χ2v) is 4.63. The Morgan fingerprint density at radius 3 is 2.78 bits per heavy atom. The zero-order valence-corrected chi connectivity index (χ0v) is 10.1. The van der Waals surface area contributed by atoms with Crippen LogP contribution in [-0.4, -0.2) is 29.3 Å². The van der Waals surface area contributed by atoms with E-state index in [2.05, 4.69) is 0 Å². The van der Waals surface area contributed by atoms with Crippen LogP contribution in [0.25, 0.3) is 0 Å². The van der Waals surface area contributed by atoms with Crippen LogP contribution in [-0.2, 0) is 0 Å². The molecule has 1 amide bonds. The lowest BCUT2D eigenvalue weighted by Crippen LogP contribution is -2.29. The van der Waals surface area contributed by atoms with E-state index in [1.807, 2.05) is 0 Å². The summed E-state index contributed by atoms with van der Waals surface area (Å²) in [5, 5.41) is 11.0. The lowest BCUT2D eigenvalue weighted by molar-refractivity contribution is -0.384. The van der Waals surface area contributed by atoms with Gasteiger partial charge in [-0.15, -0.1) is 0 Å². The SMILES string of the molecule is CN(CC1CC1)C(=O)c1cccc(N)c1[N+](=O)[O-]. The van der Waals surface area contributed by atoms with Gasteiger partial charge < -0.3 is 10.6 Å². The highest BCUT2D eigenvalue weighted by molar-refractivity contribution is 6.00. The fraction of sp³-hybridized carbons (Fsp3) is 0.417. The van der Waals surface area contributed by atoms with E-state index in [0.29, 0.717) is 12.5 Å². The van der Waals surface area contributed by atoms with Crippen molar-refractivity contribution in [1.82, 2.24) is 4.90 Å². The predicted molar refractivity (Wildman–Crippen MR) is 67.2 cm³/mol. The van der Waals surface area contributed by atoms with Crippen molar-refractivity contribution >= 4 is 17.3 Å². The second-order valence-electron chi connectivity index (χ2n) is 4.63. The molecule has 0 aromatic heterocycles. The molecule has 1 aliphatic rings.